The molecule has 4 nitrogen and oxygen atoms in total. The fourth-order valence-electron chi connectivity index (χ4n) is 5.52. The minimum absolute atomic E-state index is 0.346. The van der Waals surface area contributed by atoms with Gasteiger partial charge in [-0.2, -0.15) is 0 Å². The van der Waals surface area contributed by atoms with E-state index in [1.165, 1.54) is 22.5 Å². The van der Waals surface area contributed by atoms with E-state index in [4.69, 9.17) is 0 Å². The molecule has 0 spiro atoms. The van der Waals surface area contributed by atoms with Crippen LogP contribution in [0.25, 0.3) is 28.5 Å². The van der Waals surface area contributed by atoms with Crippen LogP contribution in [-0.4, -0.2) is 14.8 Å². The van der Waals surface area contributed by atoms with Crippen molar-refractivity contribution in [1.29, 1.82) is 0 Å². The molecule has 0 N–H and O–H groups in total. The van der Waals surface area contributed by atoms with Crippen LogP contribution < -0.4 is 4.90 Å². The third-order valence-corrected chi connectivity index (χ3v) is 7.38. The molecule has 6 aromatic rings. The summed E-state index contributed by atoms with van der Waals surface area (Å²) in [5.41, 5.74) is 9.33. The maximum atomic E-state index is 4.66. The van der Waals surface area contributed by atoms with Crippen molar-refractivity contribution in [2.75, 3.05) is 4.90 Å². The van der Waals surface area contributed by atoms with E-state index in [1.54, 1.807) is 0 Å². The number of fused-ring (bicyclic) bond motifs is 2. The van der Waals surface area contributed by atoms with Crippen molar-refractivity contribution >= 4 is 17.1 Å². The molecule has 0 unspecified atom stereocenters. The van der Waals surface area contributed by atoms with Gasteiger partial charge in [0, 0.05) is 39.8 Å². The van der Waals surface area contributed by atoms with Crippen LogP contribution in [0.4, 0.5) is 17.1 Å². The molecule has 1 aromatic heterocycles. The van der Waals surface area contributed by atoms with Gasteiger partial charge in [-0.05, 0) is 59.7 Å². The van der Waals surface area contributed by atoms with Gasteiger partial charge >= 0.3 is 0 Å². The van der Waals surface area contributed by atoms with Crippen molar-refractivity contribution in [2.24, 2.45) is 0 Å². The van der Waals surface area contributed by atoms with Crippen molar-refractivity contribution in [2.45, 2.75) is 12.8 Å². The monoisotopic (exact) mass is 490 g/mol. The van der Waals surface area contributed by atoms with Gasteiger partial charge < -0.3 is 4.90 Å². The zero-order chi connectivity index (χ0) is 25.5. The summed E-state index contributed by atoms with van der Waals surface area (Å²) in [4.78, 5) is 2.37. The first-order chi connectivity index (χ1) is 18.8. The second-order valence-corrected chi connectivity index (χ2v) is 9.61. The summed E-state index contributed by atoms with van der Waals surface area (Å²) in [6.45, 7) is 2.29. The quantitative estimate of drug-likeness (QED) is 0.248. The lowest BCUT2D eigenvalue weighted by atomic mass is 9.86. The number of hydrogen-bond acceptors (Lipinski definition) is 3. The van der Waals surface area contributed by atoms with E-state index in [1.807, 2.05) is 36.4 Å². The van der Waals surface area contributed by atoms with Crippen LogP contribution in [-0.2, 0) is 0 Å². The van der Waals surface area contributed by atoms with E-state index in [-0.39, 0.29) is 0 Å². The Kier molecular flexibility index (Phi) is 5.37. The molecule has 0 atom stereocenters. The topological polar surface area (TPSA) is 34.0 Å². The van der Waals surface area contributed by atoms with Crippen molar-refractivity contribution in [3.63, 3.8) is 0 Å². The van der Waals surface area contributed by atoms with Crippen molar-refractivity contribution in [3.8, 4) is 28.5 Å². The summed E-state index contributed by atoms with van der Waals surface area (Å²) < 4.78 is 2.14. The Morgan fingerprint density at radius 3 is 1.53 bits per heavy atom. The molecule has 7 rings (SSSR count). The van der Waals surface area contributed by atoms with E-state index < -0.39 is 0 Å². The zero-order valence-corrected chi connectivity index (χ0v) is 21.1. The predicted molar refractivity (Wildman–Crippen MR) is 154 cm³/mol. The fourth-order valence-corrected chi connectivity index (χ4v) is 5.52. The highest BCUT2D eigenvalue weighted by Gasteiger charge is 2.28. The fraction of sp³-hybridized carbons (Fsp3) is 0.0588. The van der Waals surface area contributed by atoms with Gasteiger partial charge in [-0.15, -0.1) is 10.2 Å². The van der Waals surface area contributed by atoms with Gasteiger partial charge in [-0.1, -0.05) is 91.9 Å². The molecule has 0 aliphatic carbocycles. The Bertz CT molecular complexity index is 1670. The van der Waals surface area contributed by atoms with E-state index >= 15 is 0 Å². The minimum Gasteiger partial charge on any atom is -0.310 e. The highest BCUT2D eigenvalue weighted by atomic mass is 15.3. The van der Waals surface area contributed by atoms with Crippen LogP contribution in [0.3, 0.4) is 0 Å². The summed E-state index contributed by atoms with van der Waals surface area (Å²) in [5.74, 6) is 1.98. The van der Waals surface area contributed by atoms with Crippen molar-refractivity contribution in [3.05, 3.63) is 145 Å². The summed E-state index contributed by atoms with van der Waals surface area (Å²) in [6, 6.07) is 46.6. The Labute approximate surface area is 222 Å². The Morgan fingerprint density at radius 1 is 0.474 bits per heavy atom. The summed E-state index contributed by atoms with van der Waals surface area (Å²) in [7, 11) is 0. The molecular formula is C34H26N4. The van der Waals surface area contributed by atoms with Gasteiger partial charge in [-0.3, -0.25) is 4.57 Å². The van der Waals surface area contributed by atoms with Gasteiger partial charge in [0.2, 0.25) is 0 Å². The molecule has 1 aliphatic heterocycles. The third kappa shape index (κ3) is 3.61. The molecule has 0 saturated heterocycles. The van der Waals surface area contributed by atoms with Gasteiger partial charge in [0.15, 0.2) is 11.6 Å². The van der Waals surface area contributed by atoms with Gasteiger partial charge in [0.25, 0.3) is 0 Å². The first-order valence-corrected chi connectivity index (χ1v) is 12.9. The molecule has 2 heterocycles. The van der Waals surface area contributed by atoms with E-state index in [2.05, 4.69) is 124 Å². The molecule has 0 saturated carbocycles. The maximum absolute atomic E-state index is 4.66. The highest BCUT2D eigenvalue weighted by Crippen LogP contribution is 2.48. The Hall–Kier alpha value is -4.96. The number of rotatable bonds is 4. The van der Waals surface area contributed by atoms with Gasteiger partial charge in [0.05, 0.1) is 0 Å². The van der Waals surface area contributed by atoms with Crippen molar-refractivity contribution in [1.82, 2.24) is 14.8 Å². The second-order valence-electron chi connectivity index (χ2n) is 9.61. The SMILES string of the molecule is CC1c2ccccc2N(c2ccc(-c3nnc(-c4ccccc4)n3-c3ccccc3)cc2)c2ccccc21. The number of para-hydroxylation sites is 3. The van der Waals surface area contributed by atoms with Gasteiger partial charge in [-0.25, -0.2) is 0 Å². The van der Waals surface area contributed by atoms with Crippen LogP contribution in [0.15, 0.2) is 133 Å². The first kappa shape index (κ1) is 22.3. The molecule has 5 aromatic carbocycles. The normalized spacial score (nSPS) is 12.7. The van der Waals surface area contributed by atoms with Crippen LogP contribution in [0.1, 0.15) is 24.0 Å². The van der Waals surface area contributed by atoms with Crippen LogP contribution in [0, 0.1) is 0 Å². The summed E-state index contributed by atoms with van der Waals surface area (Å²) in [5, 5.41) is 9.28. The second kappa shape index (κ2) is 9.16. The smallest absolute Gasteiger partial charge is 0.168 e. The number of aromatic nitrogens is 3. The third-order valence-electron chi connectivity index (χ3n) is 7.38. The summed E-state index contributed by atoms with van der Waals surface area (Å²) >= 11 is 0. The first-order valence-electron chi connectivity index (χ1n) is 12.9. The molecule has 38 heavy (non-hydrogen) atoms. The number of hydrogen-bond donors (Lipinski definition) is 0. The molecule has 4 heteroatoms. The largest absolute Gasteiger partial charge is 0.310 e. The van der Waals surface area contributed by atoms with E-state index in [9.17, 15) is 0 Å². The van der Waals surface area contributed by atoms with Crippen LogP contribution in [0.2, 0.25) is 0 Å². The van der Waals surface area contributed by atoms with Crippen LogP contribution >= 0.6 is 0 Å². The molecule has 0 fully saturated rings. The minimum atomic E-state index is 0.346. The molecule has 182 valence electrons. The molecular weight excluding hydrogens is 464 g/mol. The van der Waals surface area contributed by atoms with Gasteiger partial charge in [0.1, 0.15) is 0 Å². The molecule has 0 radical (unpaired) electrons. The number of benzene rings is 5. The van der Waals surface area contributed by atoms with Crippen LogP contribution in [0.5, 0.6) is 0 Å². The zero-order valence-electron chi connectivity index (χ0n) is 21.1. The van der Waals surface area contributed by atoms with E-state index in [0.29, 0.717) is 5.92 Å². The standard InChI is InChI=1S/C34H26N4/c1-24-29-16-8-10-18-31(29)37(32-19-11-9-17-30(24)32)28-22-20-26(21-23-28)34-36-35-33(25-12-4-2-5-13-25)38(34)27-14-6-3-7-15-27/h2-24H,1H3. The number of nitrogens with zero attached hydrogens (tertiary/aromatic N) is 4. The highest BCUT2D eigenvalue weighted by molar-refractivity contribution is 5.85. The molecule has 0 bridgehead atoms. The molecule has 1 aliphatic rings. The van der Waals surface area contributed by atoms with E-state index in [0.717, 1.165) is 34.2 Å². The predicted octanol–water partition coefficient (Wildman–Crippen LogP) is 8.54. The lowest BCUT2D eigenvalue weighted by Gasteiger charge is -2.36. The lowest BCUT2D eigenvalue weighted by Crippen LogP contribution is -2.20. The number of anilines is 3. The average Bonchev–Trinajstić information content (AvgIpc) is 3.44. The lowest BCUT2D eigenvalue weighted by molar-refractivity contribution is 0.892. The molecule has 0 amide bonds. The average molecular weight is 491 g/mol. The summed E-state index contributed by atoms with van der Waals surface area (Å²) in [6.07, 6.45) is 0. The van der Waals surface area contributed by atoms with Crippen molar-refractivity contribution < 1.29 is 0 Å². The Morgan fingerprint density at radius 2 is 0.947 bits per heavy atom. The maximum Gasteiger partial charge on any atom is 0.168 e. The Balaban J connectivity index is 1.35.